The molecule has 0 aliphatic rings. The highest BCUT2D eigenvalue weighted by Gasteiger charge is 2.26. The van der Waals surface area contributed by atoms with Gasteiger partial charge in [-0.1, -0.05) is 37.3 Å². The number of rotatable bonds is 7. The molecule has 126 valence electrons. The molecule has 23 heavy (non-hydrogen) atoms. The van der Waals surface area contributed by atoms with Gasteiger partial charge in [-0.3, -0.25) is 4.68 Å². The monoisotopic (exact) mass is 337 g/mol. The van der Waals surface area contributed by atoms with Crippen molar-refractivity contribution in [2.75, 3.05) is 6.61 Å². The molecule has 7 heteroatoms. The summed E-state index contributed by atoms with van der Waals surface area (Å²) in [5, 5.41) is 13.7. The number of sulfonamides is 1. The van der Waals surface area contributed by atoms with Gasteiger partial charge < -0.3 is 5.11 Å². The van der Waals surface area contributed by atoms with Gasteiger partial charge in [0.05, 0.1) is 6.61 Å². The average Bonchev–Trinajstić information content (AvgIpc) is 3.00. The van der Waals surface area contributed by atoms with Crippen molar-refractivity contribution >= 4 is 10.0 Å². The van der Waals surface area contributed by atoms with Gasteiger partial charge in [-0.15, -0.1) is 0 Å². The molecule has 0 bridgehead atoms. The van der Waals surface area contributed by atoms with E-state index >= 15 is 0 Å². The van der Waals surface area contributed by atoms with Crippen molar-refractivity contribution in [3.8, 4) is 11.3 Å². The van der Waals surface area contributed by atoms with Gasteiger partial charge >= 0.3 is 0 Å². The van der Waals surface area contributed by atoms with Crippen LogP contribution in [0.2, 0.25) is 0 Å². The largest absolute Gasteiger partial charge is 0.395 e. The SMILES string of the molecule is CCC(CO)NS(=O)(=O)c1cn(C(C)C)nc1-c1ccccc1. The lowest BCUT2D eigenvalue weighted by molar-refractivity contribution is 0.254. The van der Waals surface area contributed by atoms with Crippen LogP contribution in [0.4, 0.5) is 0 Å². The van der Waals surface area contributed by atoms with Gasteiger partial charge in [-0.2, -0.15) is 5.10 Å². The minimum Gasteiger partial charge on any atom is -0.395 e. The fraction of sp³-hybridized carbons (Fsp3) is 0.438. The molecule has 0 saturated heterocycles. The van der Waals surface area contributed by atoms with Gasteiger partial charge in [0, 0.05) is 23.8 Å². The third-order valence-corrected chi connectivity index (χ3v) is 5.12. The molecule has 0 aliphatic heterocycles. The van der Waals surface area contributed by atoms with E-state index in [1.807, 2.05) is 51.1 Å². The van der Waals surface area contributed by atoms with E-state index in [0.29, 0.717) is 12.1 Å². The number of aromatic nitrogens is 2. The molecule has 2 rings (SSSR count). The van der Waals surface area contributed by atoms with Crippen LogP contribution in [0.3, 0.4) is 0 Å². The van der Waals surface area contributed by atoms with Crippen LogP contribution in [0.5, 0.6) is 0 Å². The zero-order chi connectivity index (χ0) is 17.0. The molecule has 0 radical (unpaired) electrons. The fourth-order valence-corrected chi connectivity index (χ4v) is 3.63. The van der Waals surface area contributed by atoms with Gasteiger partial charge in [0.25, 0.3) is 0 Å². The Hall–Kier alpha value is -1.70. The second-order valence-electron chi connectivity index (χ2n) is 5.69. The number of nitrogens with zero attached hydrogens (tertiary/aromatic N) is 2. The number of aliphatic hydroxyl groups excluding tert-OH is 1. The molecule has 0 saturated carbocycles. The number of hydrogen-bond donors (Lipinski definition) is 2. The van der Waals surface area contributed by atoms with E-state index in [2.05, 4.69) is 9.82 Å². The Bertz CT molecular complexity index is 735. The van der Waals surface area contributed by atoms with Crippen molar-refractivity contribution in [1.29, 1.82) is 0 Å². The van der Waals surface area contributed by atoms with Crippen LogP contribution < -0.4 is 4.72 Å². The number of hydrogen-bond acceptors (Lipinski definition) is 4. The molecular weight excluding hydrogens is 314 g/mol. The molecule has 1 aromatic heterocycles. The van der Waals surface area contributed by atoms with E-state index in [1.165, 1.54) is 0 Å². The molecule has 2 N–H and O–H groups in total. The summed E-state index contributed by atoms with van der Waals surface area (Å²) in [5.41, 5.74) is 1.16. The first-order valence-electron chi connectivity index (χ1n) is 7.66. The van der Waals surface area contributed by atoms with Crippen LogP contribution in [0.25, 0.3) is 11.3 Å². The maximum absolute atomic E-state index is 12.7. The summed E-state index contributed by atoms with van der Waals surface area (Å²) in [7, 11) is -3.77. The highest BCUT2D eigenvalue weighted by Crippen LogP contribution is 2.27. The molecule has 0 fully saturated rings. The van der Waals surface area contributed by atoms with Gasteiger partial charge in [-0.05, 0) is 20.3 Å². The zero-order valence-corrected chi connectivity index (χ0v) is 14.4. The van der Waals surface area contributed by atoms with E-state index in [-0.39, 0.29) is 17.5 Å². The lowest BCUT2D eigenvalue weighted by Gasteiger charge is -2.14. The standard InChI is InChI=1S/C16H23N3O3S/c1-4-14(11-20)18-23(21,22)15-10-19(12(2)3)17-16(15)13-8-6-5-7-9-13/h5-10,12,14,18,20H,4,11H2,1-3H3. The van der Waals surface area contributed by atoms with Crippen molar-refractivity contribution in [3.05, 3.63) is 36.5 Å². The third kappa shape index (κ3) is 3.99. The molecule has 1 atom stereocenters. The van der Waals surface area contributed by atoms with Crippen LogP contribution in [0, 0.1) is 0 Å². The summed E-state index contributed by atoms with van der Waals surface area (Å²) in [4.78, 5) is 0.129. The molecule has 2 aromatic rings. The van der Waals surface area contributed by atoms with Crippen molar-refractivity contribution in [2.24, 2.45) is 0 Å². The van der Waals surface area contributed by atoms with E-state index in [4.69, 9.17) is 0 Å². The summed E-state index contributed by atoms with van der Waals surface area (Å²) in [6.45, 7) is 5.45. The molecule has 1 heterocycles. The Labute approximate surface area is 137 Å². The van der Waals surface area contributed by atoms with Crippen LogP contribution >= 0.6 is 0 Å². The van der Waals surface area contributed by atoms with E-state index in [0.717, 1.165) is 5.56 Å². The second kappa shape index (κ2) is 7.25. The van der Waals surface area contributed by atoms with Gasteiger partial charge in [-0.25, -0.2) is 13.1 Å². The van der Waals surface area contributed by atoms with Crippen molar-refractivity contribution in [1.82, 2.24) is 14.5 Å². The maximum atomic E-state index is 12.7. The average molecular weight is 337 g/mol. The van der Waals surface area contributed by atoms with Crippen LogP contribution in [0.15, 0.2) is 41.4 Å². The molecule has 0 spiro atoms. The number of nitrogens with one attached hydrogen (secondary N) is 1. The topological polar surface area (TPSA) is 84.2 Å². The highest BCUT2D eigenvalue weighted by molar-refractivity contribution is 7.89. The summed E-state index contributed by atoms with van der Waals surface area (Å²) in [6.07, 6.45) is 2.05. The summed E-state index contributed by atoms with van der Waals surface area (Å²) in [6, 6.07) is 8.75. The second-order valence-corrected chi connectivity index (χ2v) is 7.37. The predicted molar refractivity (Wildman–Crippen MR) is 89.5 cm³/mol. The van der Waals surface area contributed by atoms with Crippen LogP contribution in [0.1, 0.15) is 33.2 Å². The van der Waals surface area contributed by atoms with Crippen molar-refractivity contribution in [3.63, 3.8) is 0 Å². The Morgan fingerprint density at radius 2 is 1.91 bits per heavy atom. The minimum absolute atomic E-state index is 0.0428. The van der Waals surface area contributed by atoms with E-state index in [1.54, 1.807) is 10.9 Å². The smallest absolute Gasteiger partial charge is 0.244 e. The summed E-state index contributed by atoms with van der Waals surface area (Å²) in [5.74, 6) is 0. The zero-order valence-electron chi connectivity index (χ0n) is 13.6. The third-order valence-electron chi connectivity index (χ3n) is 3.60. The molecule has 0 aliphatic carbocycles. The Balaban J connectivity index is 2.52. The minimum atomic E-state index is -3.77. The number of benzene rings is 1. The predicted octanol–water partition coefficient (Wildman–Crippen LogP) is 2.18. The van der Waals surface area contributed by atoms with Crippen LogP contribution in [-0.4, -0.2) is 36.0 Å². The first-order chi connectivity index (χ1) is 10.9. The van der Waals surface area contributed by atoms with Crippen molar-refractivity contribution in [2.45, 2.75) is 44.2 Å². The normalized spacial score (nSPS) is 13.4. The lowest BCUT2D eigenvalue weighted by atomic mass is 10.2. The van der Waals surface area contributed by atoms with Crippen LogP contribution in [-0.2, 0) is 10.0 Å². The summed E-state index contributed by atoms with van der Waals surface area (Å²) < 4.78 is 29.6. The van der Waals surface area contributed by atoms with Gasteiger partial charge in [0.2, 0.25) is 10.0 Å². The Morgan fingerprint density at radius 1 is 1.26 bits per heavy atom. The molecule has 1 unspecified atom stereocenters. The molecule has 0 amide bonds. The first-order valence-corrected chi connectivity index (χ1v) is 9.15. The molecule has 6 nitrogen and oxygen atoms in total. The molecule has 1 aromatic carbocycles. The van der Waals surface area contributed by atoms with E-state index in [9.17, 15) is 13.5 Å². The first kappa shape index (κ1) is 17.7. The Morgan fingerprint density at radius 3 is 2.43 bits per heavy atom. The fourth-order valence-electron chi connectivity index (χ4n) is 2.16. The Kier molecular flexibility index (Phi) is 5.56. The lowest BCUT2D eigenvalue weighted by Crippen LogP contribution is -2.37. The van der Waals surface area contributed by atoms with Gasteiger partial charge in [0.15, 0.2) is 0 Å². The van der Waals surface area contributed by atoms with E-state index < -0.39 is 16.1 Å². The quantitative estimate of drug-likeness (QED) is 0.811. The maximum Gasteiger partial charge on any atom is 0.244 e. The highest BCUT2D eigenvalue weighted by atomic mass is 32.2. The summed E-state index contributed by atoms with van der Waals surface area (Å²) >= 11 is 0. The number of aliphatic hydroxyl groups is 1. The molecular formula is C16H23N3O3S. The van der Waals surface area contributed by atoms with Crippen molar-refractivity contribution < 1.29 is 13.5 Å². The van der Waals surface area contributed by atoms with Gasteiger partial charge in [0.1, 0.15) is 10.6 Å².